The first kappa shape index (κ1) is 19.1. The molecule has 7 nitrogen and oxygen atoms in total. The van der Waals surface area contributed by atoms with Gasteiger partial charge < -0.3 is 4.74 Å². The topological polar surface area (TPSA) is 81.5 Å². The fourth-order valence-electron chi connectivity index (χ4n) is 2.83. The highest BCUT2D eigenvalue weighted by atomic mass is 32.2. The standard InChI is InChI=1S/C17H23N3O4S/c1-6-19(7-2)25(22,23)16-12(3)18-20(13(16)4)17(21)14-10-8-9-11-15(14)24-5/h8-11H,6-7H2,1-5H3. The molecule has 1 heterocycles. The average molecular weight is 365 g/mol. The van der Waals surface area contributed by atoms with Gasteiger partial charge in [0.15, 0.2) is 0 Å². The van der Waals surface area contributed by atoms with Gasteiger partial charge in [-0.15, -0.1) is 0 Å². The lowest BCUT2D eigenvalue weighted by Crippen LogP contribution is -2.31. The van der Waals surface area contributed by atoms with E-state index in [2.05, 4.69) is 5.10 Å². The Morgan fingerprint density at radius 3 is 2.36 bits per heavy atom. The number of aryl methyl sites for hydroxylation is 1. The molecule has 0 saturated heterocycles. The number of aromatic nitrogens is 2. The van der Waals surface area contributed by atoms with Crippen LogP contribution >= 0.6 is 0 Å². The maximum atomic E-state index is 12.9. The quantitative estimate of drug-likeness (QED) is 0.784. The summed E-state index contributed by atoms with van der Waals surface area (Å²) in [5, 5.41) is 4.18. The van der Waals surface area contributed by atoms with Crippen LogP contribution in [0.3, 0.4) is 0 Å². The van der Waals surface area contributed by atoms with Gasteiger partial charge in [-0.05, 0) is 26.0 Å². The van der Waals surface area contributed by atoms with Crippen LogP contribution in [0.25, 0.3) is 0 Å². The molecular weight excluding hydrogens is 342 g/mol. The molecule has 25 heavy (non-hydrogen) atoms. The first-order valence-electron chi connectivity index (χ1n) is 8.03. The Morgan fingerprint density at radius 2 is 1.80 bits per heavy atom. The normalized spacial score (nSPS) is 11.8. The molecule has 0 atom stereocenters. The van der Waals surface area contributed by atoms with Crippen LogP contribution in [0.2, 0.25) is 0 Å². The molecule has 0 radical (unpaired) electrons. The second-order valence-electron chi connectivity index (χ2n) is 5.51. The van der Waals surface area contributed by atoms with Crippen molar-refractivity contribution in [3.05, 3.63) is 41.2 Å². The van der Waals surface area contributed by atoms with Crippen molar-refractivity contribution in [3.8, 4) is 5.75 Å². The molecule has 2 rings (SSSR count). The van der Waals surface area contributed by atoms with Crippen LogP contribution in [0.1, 0.15) is 35.6 Å². The van der Waals surface area contributed by atoms with Crippen LogP contribution in [-0.4, -0.2) is 48.6 Å². The van der Waals surface area contributed by atoms with Crippen LogP contribution in [-0.2, 0) is 10.0 Å². The first-order valence-corrected chi connectivity index (χ1v) is 9.47. The van der Waals surface area contributed by atoms with Crippen LogP contribution in [0, 0.1) is 13.8 Å². The zero-order chi connectivity index (χ0) is 18.8. The minimum atomic E-state index is -3.71. The van der Waals surface area contributed by atoms with Gasteiger partial charge in [0.05, 0.1) is 24.1 Å². The fraction of sp³-hybridized carbons (Fsp3) is 0.412. The molecule has 0 aliphatic carbocycles. The Kier molecular flexibility index (Phi) is 5.64. The molecule has 0 saturated carbocycles. The second kappa shape index (κ2) is 7.37. The summed E-state index contributed by atoms with van der Waals surface area (Å²) >= 11 is 0. The maximum absolute atomic E-state index is 12.9. The van der Waals surface area contributed by atoms with Gasteiger partial charge in [-0.2, -0.15) is 14.1 Å². The fourth-order valence-corrected chi connectivity index (χ4v) is 4.64. The van der Waals surface area contributed by atoms with Gasteiger partial charge in [0, 0.05) is 13.1 Å². The van der Waals surface area contributed by atoms with Crippen molar-refractivity contribution < 1.29 is 17.9 Å². The molecule has 0 N–H and O–H groups in total. The summed E-state index contributed by atoms with van der Waals surface area (Å²) in [5.74, 6) is -0.0211. The highest BCUT2D eigenvalue weighted by molar-refractivity contribution is 7.89. The van der Waals surface area contributed by atoms with Gasteiger partial charge in [-0.1, -0.05) is 26.0 Å². The number of rotatable bonds is 6. The Hall–Kier alpha value is -2.19. The molecule has 2 aromatic rings. The highest BCUT2D eigenvalue weighted by Gasteiger charge is 2.31. The van der Waals surface area contributed by atoms with Gasteiger partial charge in [-0.25, -0.2) is 8.42 Å². The third-order valence-electron chi connectivity index (χ3n) is 4.06. The minimum Gasteiger partial charge on any atom is -0.496 e. The molecule has 0 amide bonds. The predicted octanol–water partition coefficient (Wildman–Crippen LogP) is 2.23. The minimum absolute atomic E-state index is 0.0828. The van der Waals surface area contributed by atoms with Crippen molar-refractivity contribution in [1.29, 1.82) is 0 Å². The monoisotopic (exact) mass is 365 g/mol. The number of benzene rings is 1. The Balaban J connectivity index is 2.59. The zero-order valence-corrected chi connectivity index (χ0v) is 15.9. The van der Waals surface area contributed by atoms with Crippen molar-refractivity contribution in [1.82, 2.24) is 14.1 Å². The number of carbonyl (C=O) groups excluding carboxylic acids is 1. The molecule has 0 bridgehead atoms. The van der Waals surface area contributed by atoms with E-state index >= 15 is 0 Å². The number of methoxy groups -OCH3 is 1. The van der Waals surface area contributed by atoms with Crippen molar-refractivity contribution in [2.24, 2.45) is 0 Å². The summed E-state index contributed by atoms with van der Waals surface area (Å²) < 4.78 is 33.4. The van der Waals surface area contributed by atoms with Gasteiger partial charge in [0.2, 0.25) is 10.0 Å². The molecule has 0 aliphatic heterocycles. The summed E-state index contributed by atoms with van der Waals surface area (Å²) in [6.45, 7) is 7.43. The van der Waals surface area contributed by atoms with E-state index in [1.54, 1.807) is 52.0 Å². The molecule has 1 aromatic carbocycles. The molecule has 136 valence electrons. The SMILES string of the molecule is CCN(CC)S(=O)(=O)c1c(C)nn(C(=O)c2ccccc2OC)c1C. The number of hydrogen-bond acceptors (Lipinski definition) is 5. The number of nitrogens with zero attached hydrogens (tertiary/aromatic N) is 3. The van der Waals surface area contributed by atoms with Crippen molar-refractivity contribution in [2.45, 2.75) is 32.6 Å². The number of carbonyl (C=O) groups is 1. The number of hydrogen-bond donors (Lipinski definition) is 0. The average Bonchev–Trinajstić information content (AvgIpc) is 2.90. The summed E-state index contributed by atoms with van der Waals surface area (Å²) in [4.78, 5) is 12.9. The van der Waals surface area contributed by atoms with E-state index in [4.69, 9.17) is 4.74 Å². The van der Waals surface area contributed by atoms with Gasteiger partial charge >= 0.3 is 0 Å². The van der Waals surface area contributed by atoms with E-state index in [-0.39, 0.29) is 4.90 Å². The zero-order valence-electron chi connectivity index (χ0n) is 15.1. The molecule has 0 fully saturated rings. The predicted molar refractivity (Wildman–Crippen MR) is 94.5 cm³/mol. The summed E-state index contributed by atoms with van der Waals surface area (Å²) in [5.41, 5.74) is 0.912. The molecule has 1 aromatic heterocycles. The van der Waals surface area contributed by atoms with Gasteiger partial charge in [0.25, 0.3) is 5.91 Å². The molecule has 0 unspecified atom stereocenters. The molecule has 0 aliphatic rings. The highest BCUT2D eigenvalue weighted by Crippen LogP contribution is 2.25. The van der Waals surface area contributed by atoms with E-state index in [9.17, 15) is 13.2 Å². The smallest absolute Gasteiger partial charge is 0.282 e. The van der Waals surface area contributed by atoms with E-state index in [1.165, 1.54) is 11.4 Å². The Morgan fingerprint density at radius 1 is 1.20 bits per heavy atom. The van der Waals surface area contributed by atoms with E-state index in [1.807, 2.05) is 0 Å². The Labute approximate surface area is 148 Å². The van der Waals surface area contributed by atoms with Crippen LogP contribution in [0.4, 0.5) is 0 Å². The van der Waals surface area contributed by atoms with Gasteiger partial charge in [-0.3, -0.25) is 4.79 Å². The second-order valence-corrected chi connectivity index (χ2v) is 7.38. The Bertz CT molecular complexity index is 883. The lowest BCUT2D eigenvalue weighted by Gasteiger charge is -2.18. The van der Waals surface area contributed by atoms with Crippen molar-refractivity contribution >= 4 is 15.9 Å². The van der Waals surface area contributed by atoms with Crippen molar-refractivity contribution in [3.63, 3.8) is 0 Å². The first-order chi connectivity index (χ1) is 11.8. The lowest BCUT2D eigenvalue weighted by atomic mass is 10.2. The lowest BCUT2D eigenvalue weighted by molar-refractivity contribution is 0.0939. The van der Waals surface area contributed by atoms with Crippen LogP contribution in [0.5, 0.6) is 5.75 Å². The van der Waals surface area contributed by atoms with Crippen molar-refractivity contribution in [2.75, 3.05) is 20.2 Å². The third-order valence-corrected chi connectivity index (χ3v) is 6.36. The molecule has 0 spiro atoms. The maximum Gasteiger partial charge on any atom is 0.282 e. The summed E-state index contributed by atoms with van der Waals surface area (Å²) in [7, 11) is -2.23. The number of ether oxygens (including phenoxy) is 1. The van der Waals surface area contributed by atoms with E-state index in [0.29, 0.717) is 35.8 Å². The van der Waals surface area contributed by atoms with Crippen LogP contribution < -0.4 is 4.74 Å². The van der Waals surface area contributed by atoms with Crippen LogP contribution in [0.15, 0.2) is 29.2 Å². The van der Waals surface area contributed by atoms with E-state index < -0.39 is 15.9 Å². The van der Waals surface area contributed by atoms with Gasteiger partial charge in [0.1, 0.15) is 10.6 Å². The molecule has 8 heteroatoms. The third kappa shape index (κ3) is 3.32. The number of sulfonamides is 1. The summed E-state index contributed by atoms with van der Waals surface area (Å²) in [6.07, 6.45) is 0. The van der Waals surface area contributed by atoms with E-state index in [0.717, 1.165) is 4.68 Å². The number of para-hydroxylation sites is 1. The summed E-state index contributed by atoms with van der Waals surface area (Å²) in [6, 6.07) is 6.77. The molecular formula is C17H23N3O4S. The largest absolute Gasteiger partial charge is 0.496 e.